The molecule has 0 bridgehead atoms. The van der Waals surface area contributed by atoms with Gasteiger partial charge in [0.1, 0.15) is 24.6 Å². The van der Waals surface area contributed by atoms with E-state index in [-0.39, 0.29) is 12.7 Å². The normalized spacial score (nSPS) is 17.1. The Balaban J connectivity index is 1.48. The van der Waals surface area contributed by atoms with Gasteiger partial charge >= 0.3 is 0 Å². The van der Waals surface area contributed by atoms with Crippen LogP contribution >= 0.6 is 11.6 Å². The Morgan fingerprint density at radius 1 is 1.25 bits per heavy atom. The summed E-state index contributed by atoms with van der Waals surface area (Å²) in [5, 5.41) is 15.3. The molecule has 2 aromatic carbocycles. The van der Waals surface area contributed by atoms with E-state index in [4.69, 9.17) is 21.2 Å². The third-order valence-electron chi connectivity index (χ3n) is 4.41. The van der Waals surface area contributed by atoms with Gasteiger partial charge in [-0.25, -0.2) is 0 Å². The highest BCUT2D eigenvalue weighted by Crippen LogP contribution is 2.19. The fraction of sp³-hybridized carbons (Fsp3) is 0.318. The first-order valence-corrected chi connectivity index (χ1v) is 9.69. The first kappa shape index (κ1) is 20.4. The highest BCUT2D eigenvalue weighted by Gasteiger charge is 2.25. The van der Waals surface area contributed by atoms with Crippen molar-refractivity contribution in [2.75, 3.05) is 26.2 Å². The van der Waals surface area contributed by atoms with Crippen LogP contribution in [0.3, 0.4) is 0 Å². The minimum absolute atomic E-state index is 0.0622. The lowest BCUT2D eigenvalue weighted by Gasteiger charge is -2.25. The molecule has 0 fully saturated rings. The van der Waals surface area contributed by atoms with Crippen LogP contribution in [0.4, 0.5) is 0 Å². The zero-order chi connectivity index (χ0) is 19.8. The molecule has 28 heavy (non-hydrogen) atoms. The second-order valence-corrected chi connectivity index (χ2v) is 7.20. The predicted octanol–water partition coefficient (Wildman–Crippen LogP) is 3.76. The Morgan fingerprint density at radius 3 is 2.71 bits per heavy atom. The topological polar surface area (TPSA) is 54.3 Å². The van der Waals surface area contributed by atoms with Crippen molar-refractivity contribution in [2.24, 2.45) is 5.16 Å². The molecule has 148 valence electrons. The van der Waals surface area contributed by atoms with Crippen molar-refractivity contribution in [3.8, 4) is 5.75 Å². The zero-order valence-electron chi connectivity index (χ0n) is 15.7. The molecule has 3 rings (SSSR count). The summed E-state index contributed by atoms with van der Waals surface area (Å²) in [5.41, 5.74) is 1.92. The molecule has 0 aliphatic carbocycles. The molecule has 0 spiro atoms. The van der Waals surface area contributed by atoms with E-state index in [1.165, 1.54) is 0 Å². The van der Waals surface area contributed by atoms with Gasteiger partial charge in [-0.2, -0.15) is 0 Å². The van der Waals surface area contributed by atoms with Crippen LogP contribution in [0.5, 0.6) is 5.75 Å². The summed E-state index contributed by atoms with van der Waals surface area (Å²) < 4.78 is 5.63. The molecular weight excluding hydrogens is 376 g/mol. The molecule has 0 amide bonds. The summed E-state index contributed by atoms with van der Waals surface area (Å²) in [6, 6.07) is 17.1. The molecule has 2 atom stereocenters. The number of hydrogen-bond acceptors (Lipinski definition) is 5. The molecule has 6 heteroatoms. The van der Waals surface area contributed by atoms with Crippen LogP contribution in [0.1, 0.15) is 12.0 Å². The fourth-order valence-corrected chi connectivity index (χ4v) is 3.22. The van der Waals surface area contributed by atoms with Gasteiger partial charge < -0.3 is 14.7 Å². The Hall–Kier alpha value is -2.34. The lowest BCUT2D eigenvalue weighted by atomic mass is 10.0. The van der Waals surface area contributed by atoms with Gasteiger partial charge in [0.05, 0.1) is 5.71 Å². The van der Waals surface area contributed by atoms with Crippen LogP contribution in [-0.4, -0.2) is 54.2 Å². The van der Waals surface area contributed by atoms with E-state index in [2.05, 4.69) is 16.6 Å². The molecule has 1 heterocycles. The molecule has 0 aromatic heterocycles. The molecular formula is C22H25ClN2O3. The fourth-order valence-electron chi connectivity index (χ4n) is 3.09. The number of oxime groups is 1. The van der Waals surface area contributed by atoms with E-state index in [1.807, 2.05) is 60.7 Å². The van der Waals surface area contributed by atoms with Gasteiger partial charge in [-0.05, 0) is 29.8 Å². The van der Waals surface area contributed by atoms with Crippen molar-refractivity contribution < 1.29 is 14.7 Å². The van der Waals surface area contributed by atoms with Gasteiger partial charge in [0.25, 0.3) is 0 Å². The van der Waals surface area contributed by atoms with Crippen LogP contribution in [0.25, 0.3) is 0 Å². The van der Waals surface area contributed by atoms with Gasteiger partial charge in [0.2, 0.25) is 0 Å². The first-order chi connectivity index (χ1) is 13.6. The van der Waals surface area contributed by atoms with Crippen molar-refractivity contribution in [1.82, 2.24) is 4.90 Å². The van der Waals surface area contributed by atoms with E-state index < -0.39 is 6.10 Å². The smallest absolute Gasteiger partial charge is 0.145 e. The molecule has 2 aromatic rings. The van der Waals surface area contributed by atoms with Crippen LogP contribution in [0.2, 0.25) is 5.02 Å². The summed E-state index contributed by atoms with van der Waals surface area (Å²) >= 11 is 5.94. The molecule has 0 unspecified atom stereocenters. The van der Waals surface area contributed by atoms with E-state index in [9.17, 15) is 5.11 Å². The number of aliphatic hydroxyl groups excluding tert-OH is 1. The predicted molar refractivity (Wildman–Crippen MR) is 112 cm³/mol. The Bertz CT molecular complexity index is 780. The molecule has 0 saturated heterocycles. The SMILES string of the molecule is C=CCN(C[C@@H](O)COc1ccccc1)C[C@H]1CC(c2ccc(Cl)cc2)=NO1. The standard InChI is InChI=1S/C22H25ClN2O3/c1-2-12-25(14-19(26)16-27-20-6-4-3-5-7-20)15-21-13-22(24-28-21)17-8-10-18(23)11-9-17/h2-11,19,21,26H,1,12-16H2/t19-,21-/m1/s1. The van der Waals surface area contributed by atoms with Gasteiger partial charge in [-0.1, -0.05) is 53.2 Å². The lowest BCUT2D eigenvalue weighted by molar-refractivity contribution is 0.0283. The van der Waals surface area contributed by atoms with Gasteiger partial charge in [0.15, 0.2) is 0 Å². The van der Waals surface area contributed by atoms with Gasteiger partial charge in [0, 0.05) is 31.1 Å². The monoisotopic (exact) mass is 400 g/mol. The number of rotatable bonds is 10. The van der Waals surface area contributed by atoms with Crippen molar-refractivity contribution in [3.63, 3.8) is 0 Å². The molecule has 0 saturated carbocycles. The van der Waals surface area contributed by atoms with Crippen molar-refractivity contribution in [3.05, 3.63) is 77.8 Å². The zero-order valence-corrected chi connectivity index (χ0v) is 16.5. The van der Waals surface area contributed by atoms with E-state index in [0.717, 1.165) is 17.0 Å². The second-order valence-electron chi connectivity index (χ2n) is 6.76. The van der Waals surface area contributed by atoms with E-state index >= 15 is 0 Å². The summed E-state index contributed by atoms with van der Waals surface area (Å²) in [6.45, 7) is 5.81. The molecule has 1 aliphatic heterocycles. The largest absolute Gasteiger partial charge is 0.491 e. The third kappa shape index (κ3) is 6.09. The maximum Gasteiger partial charge on any atom is 0.145 e. The van der Waals surface area contributed by atoms with E-state index in [1.54, 1.807) is 0 Å². The molecule has 1 N–H and O–H groups in total. The van der Waals surface area contributed by atoms with Crippen molar-refractivity contribution in [2.45, 2.75) is 18.6 Å². The number of benzene rings is 2. The number of para-hydroxylation sites is 1. The second kappa shape index (κ2) is 10.3. The third-order valence-corrected chi connectivity index (χ3v) is 4.67. The highest BCUT2D eigenvalue weighted by molar-refractivity contribution is 6.30. The van der Waals surface area contributed by atoms with Crippen molar-refractivity contribution in [1.29, 1.82) is 0 Å². The molecule has 1 aliphatic rings. The van der Waals surface area contributed by atoms with Crippen LogP contribution in [0.15, 0.2) is 72.4 Å². The maximum absolute atomic E-state index is 10.4. The van der Waals surface area contributed by atoms with E-state index in [0.29, 0.717) is 31.1 Å². The van der Waals surface area contributed by atoms with Crippen LogP contribution < -0.4 is 4.74 Å². The van der Waals surface area contributed by atoms with Crippen LogP contribution in [0, 0.1) is 0 Å². The first-order valence-electron chi connectivity index (χ1n) is 9.32. The average molecular weight is 401 g/mol. The summed E-state index contributed by atoms with van der Waals surface area (Å²) in [7, 11) is 0. The molecule has 5 nitrogen and oxygen atoms in total. The number of ether oxygens (including phenoxy) is 1. The number of nitrogens with zero attached hydrogens (tertiary/aromatic N) is 2. The lowest BCUT2D eigenvalue weighted by Crippen LogP contribution is -2.40. The Labute approximate surface area is 170 Å². The summed E-state index contributed by atoms with van der Waals surface area (Å²) in [6.07, 6.45) is 1.86. The summed E-state index contributed by atoms with van der Waals surface area (Å²) in [5.74, 6) is 0.747. The minimum atomic E-state index is -0.613. The Morgan fingerprint density at radius 2 is 2.00 bits per heavy atom. The van der Waals surface area contributed by atoms with Gasteiger partial charge in [-0.3, -0.25) is 4.90 Å². The quantitative estimate of drug-likeness (QED) is 0.617. The van der Waals surface area contributed by atoms with Crippen LogP contribution in [-0.2, 0) is 4.84 Å². The number of aliphatic hydroxyl groups is 1. The minimum Gasteiger partial charge on any atom is -0.491 e. The maximum atomic E-state index is 10.4. The number of hydrogen-bond donors (Lipinski definition) is 1. The van der Waals surface area contributed by atoms with Gasteiger partial charge in [-0.15, -0.1) is 6.58 Å². The number of halogens is 1. The van der Waals surface area contributed by atoms with Crippen molar-refractivity contribution >= 4 is 17.3 Å². The highest BCUT2D eigenvalue weighted by atomic mass is 35.5. The average Bonchev–Trinajstić information content (AvgIpc) is 3.16. The summed E-state index contributed by atoms with van der Waals surface area (Å²) in [4.78, 5) is 7.70. The Kier molecular flexibility index (Phi) is 7.48. The molecule has 0 radical (unpaired) electrons.